The third-order valence-electron chi connectivity index (χ3n) is 2.98. The molecule has 0 unspecified atom stereocenters. The zero-order chi connectivity index (χ0) is 13.8. The summed E-state index contributed by atoms with van der Waals surface area (Å²) in [6.07, 6.45) is 0. The fraction of sp³-hybridized carbons (Fsp3) is 0.200. The Balaban J connectivity index is 2.12. The number of methoxy groups -OCH3 is 1. The molecule has 4 heteroatoms. The minimum absolute atomic E-state index is 0.231. The van der Waals surface area contributed by atoms with Crippen molar-refractivity contribution in [2.45, 2.75) is 6.54 Å². The second-order valence-electron chi connectivity index (χ2n) is 4.41. The summed E-state index contributed by atoms with van der Waals surface area (Å²) < 4.78 is 18.0. The topological polar surface area (TPSA) is 38.5 Å². The van der Waals surface area contributed by atoms with Crippen LogP contribution in [0.5, 0.6) is 5.75 Å². The number of nitrogen functional groups attached to an aromatic ring is 1. The van der Waals surface area contributed by atoms with Gasteiger partial charge in [-0.3, -0.25) is 0 Å². The quantitative estimate of drug-likeness (QED) is 0.859. The lowest BCUT2D eigenvalue weighted by Gasteiger charge is -2.20. The van der Waals surface area contributed by atoms with E-state index < -0.39 is 0 Å². The van der Waals surface area contributed by atoms with Crippen LogP contribution in [0.1, 0.15) is 5.56 Å². The first kappa shape index (κ1) is 13.2. The Bertz CT molecular complexity index is 555. The lowest BCUT2D eigenvalue weighted by atomic mass is 10.1. The van der Waals surface area contributed by atoms with Crippen LogP contribution in [-0.4, -0.2) is 14.2 Å². The van der Waals surface area contributed by atoms with Crippen LogP contribution >= 0.6 is 0 Å². The maximum atomic E-state index is 12.9. The van der Waals surface area contributed by atoms with Crippen LogP contribution in [0.2, 0.25) is 0 Å². The molecule has 3 nitrogen and oxygen atoms in total. The molecule has 100 valence electrons. The molecule has 0 aliphatic rings. The van der Waals surface area contributed by atoms with Crippen molar-refractivity contribution in [1.29, 1.82) is 0 Å². The van der Waals surface area contributed by atoms with Gasteiger partial charge in [0.15, 0.2) is 0 Å². The van der Waals surface area contributed by atoms with Gasteiger partial charge < -0.3 is 15.4 Å². The molecule has 0 fully saturated rings. The number of ether oxygens (including phenoxy) is 1. The molecule has 0 amide bonds. The van der Waals surface area contributed by atoms with E-state index >= 15 is 0 Å². The molecule has 0 aliphatic carbocycles. The van der Waals surface area contributed by atoms with E-state index in [0.717, 1.165) is 11.3 Å². The fourth-order valence-electron chi connectivity index (χ4n) is 1.94. The Kier molecular flexibility index (Phi) is 3.90. The molecule has 2 aromatic rings. The SMILES string of the molecule is COc1ccc(CN(C)c2ccc(F)cc2)cc1N. The van der Waals surface area contributed by atoms with Gasteiger partial charge in [-0.05, 0) is 42.0 Å². The molecule has 0 saturated carbocycles. The van der Waals surface area contributed by atoms with Crippen LogP contribution < -0.4 is 15.4 Å². The molecule has 0 heterocycles. The largest absolute Gasteiger partial charge is 0.495 e. The first-order chi connectivity index (χ1) is 9.10. The van der Waals surface area contributed by atoms with Gasteiger partial charge >= 0.3 is 0 Å². The van der Waals surface area contributed by atoms with Gasteiger partial charge in [0.1, 0.15) is 11.6 Å². The lowest BCUT2D eigenvalue weighted by Crippen LogP contribution is -2.16. The number of benzene rings is 2. The molecule has 0 atom stereocenters. The molecule has 0 spiro atoms. The number of halogens is 1. The molecule has 0 radical (unpaired) electrons. The van der Waals surface area contributed by atoms with Gasteiger partial charge in [0.05, 0.1) is 12.8 Å². The zero-order valence-electron chi connectivity index (χ0n) is 11.1. The minimum Gasteiger partial charge on any atom is -0.495 e. The van der Waals surface area contributed by atoms with Crippen LogP contribution in [0, 0.1) is 5.82 Å². The van der Waals surface area contributed by atoms with Gasteiger partial charge in [0.2, 0.25) is 0 Å². The third-order valence-corrected chi connectivity index (χ3v) is 2.98. The van der Waals surface area contributed by atoms with Crippen molar-refractivity contribution in [3.8, 4) is 5.75 Å². The number of nitrogens with two attached hydrogens (primary N) is 1. The average Bonchev–Trinajstić information content (AvgIpc) is 2.39. The van der Waals surface area contributed by atoms with Crippen LogP contribution in [0.4, 0.5) is 15.8 Å². The van der Waals surface area contributed by atoms with Crippen molar-refractivity contribution < 1.29 is 9.13 Å². The maximum Gasteiger partial charge on any atom is 0.141 e. The van der Waals surface area contributed by atoms with Gasteiger partial charge in [-0.1, -0.05) is 6.07 Å². The maximum absolute atomic E-state index is 12.9. The molecule has 0 saturated heterocycles. The number of anilines is 2. The summed E-state index contributed by atoms with van der Waals surface area (Å²) in [6, 6.07) is 12.1. The number of nitrogens with zero attached hydrogens (tertiary/aromatic N) is 1. The number of rotatable bonds is 4. The normalized spacial score (nSPS) is 10.3. The summed E-state index contributed by atoms with van der Waals surface area (Å²) in [5, 5.41) is 0. The van der Waals surface area contributed by atoms with Crippen LogP contribution in [0.15, 0.2) is 42.5 Å². The van der Waals surface area contributed by atoms with E-state index in [4.69, 9.17) is 10.5 Å². The second kappa shape index (κ2) is 5.61. The number of hydrogen-bond acceptors (Lipinski definition) is 3. The summed E-state index contributed by atoms with van der Waals surface area (Å²) in [4.78, 5) is 2.03. The van der Waals surface area contributed by atoms with E-state index in [1.165, 1.54) is 12.1 Å². The Hall–Kier alpha value is -2.23. The van der Waals surface area contributed by atoms with Gasteiger partial charge in [-0.2, -0.15) is 0 Å². The molecular formula is C15H17FN2O. The molecule has 2 rings (SSSR count). The highest BCUT2D eigenvalue weighted by atomic mass is 19.1. The van der Waals surface area contributed by atoms with E-state index in [1.807, 2.05) is 30.1 Å². The molecule has 0 bridgehead atoms. The molecule has 0 aromatic heterocycles. The minimum atomic E-state index is -0.231. The third kappa shape index (κ3) is 3.16. The Morgan fingerprint density at radius 3 is 2.42 bits per heavy atom. The summed E-state index contributed by atoms with van der Waals surface area (Å²) in [7, 11) is 3.55. The predicted octanol–water partition coefficient (Wildman–Crippen LogP) is 3.05. The number of hydrogen-bond donors (Lipinski definition) is 1. The van der Waals surface area contributed by atoms with E-state index in [0.29, 0.717) is 18.0 Å². The van der Waals surface area contributed by atoms with Crippen molar-refractivity contribution in [3.05, 3.63) is 53.8 Å². The first-order valence-corrected chi connectivity index (χ1v) is 5.99. The van der Waals surface area contributed by atoms with Gasteiger partial charge in [-0.15, -0.1) is 0 Å². The Morgan fingerprint density at radius 1 is 1.16 bits per heavy atom. The standard InChI is InChI=1S/C15H17FN2O/c1-18(13-6-4-12(16)5-7-13)10-11-3-8-15(19-2)14(17)9-11/h3-9H,10,17H2,1-2H3. The van der Waals surface area contributed by atoms with Gasteiger partial charge in [0, 0.05) is 19.3 Å². The highest BCUT2D eigenvalue weighted by Crippen LogP contribution is 2.23. The van der Waals surface area contributed by atoms with Gasteiger partial charge in [0.25, 0.3) is 0 Å². The highest BCUT2D eigenvalue weighted by Gasteiger charge is 2.05. The van der Waals surface area contributed by atoms with Crippen LogP contribution in [0.3, 0.4) is 0 Å². The molecular weight excluding hydrogens is 243 g/mol. The van der Waals surface area contributed by atoms with Crippen LogP contribution in [0.25, 0.3) is 0 Å². The monoisotopic (exact) mass is 260 g/mol. The van der Waals surface area contributed by atoms with E-state index in [9.17, 15) is 4.39 Å². The summed E-state index contributed by atoms with van der Waals surface area (Å²) in [5.41, 5.74) is 8.52. The van der Waals surface area contributed by atoms with Crippen LogP contribution in [-0.2, 0) is 6.54 Å². The molecule has 2 N–H and O–H groups in total. The van der Waals surface area contributed by atoms with Crippen molar-refractivity contribution in [2.75, 3.05) is 24.8 Å². The summed E-state index contributed by atoms with van der Waals surface area (Å²) in [6.45, 7) is 0.694. The van der Waals surface area contributed by atoms with Gasteiger partial charge in [-0.25, -0.2) is 4.39 Å². The zero-order valence-corrected chi connectivity index (χ0v) is 11.1. The van der Waals surface area contributed by atoms with Crippen molar-refractivity contribution in [3.63, 3.8) is 0 Å². The Morgan fingerprint density at radius 2 is 1.84 bits per heavy atom. The first-order valence-electron chi connectivity index (χ1n) is 5.99. The van der Waals surface area contributed by atoms with E-state index in [-0.39, 0.29) is 5.82 Å². The van der Waals surface area contributed by atoms with Crippen molar-refractivity contribution >= 4 is 11.4 Å². The summed E-state index contributed by atoms with van der Waals surface area (Å²) in [5.74, 6) is 0.444. The van der Waals surface area contributed by atoms with Crippen molar-refractivity contribution in [2.24, 2.45) is 0 Å². The lowest BCUT2D eigenvalue weighted by molar-refractivity contribution is 0.417. The summed E-state index contributed by atoms with van der Waals surface area (Å²) >= 11 is 0. The fourth-order valence-corrected chi connectivity index (χ4v) is 1.94. The van der Waals surface area contributed by atoms with Crippen molar-refractivity contribution in [1.82, 2.24) is 0 Å². The molecule has 19 heavy (non-hydrogen) atoms. The Labute approximate surface area is 112 Å². The van der Waals surface area contributed by atoms with E-state index in [1.54, 1.807) is 19.2 Å². The van der Waals surface area contributed by atoms with E-state index in [2.05, 4.69) is 0 Å². The smallest absolute Gasteiger partial charge is 0.141 e. The molecule has 0 aliphatic heterocycles. The highest BCUT2D eigenvalue weighted by molar-refractivity contribution is 5.55. The second-order valence-corrected chi connectivity index (χ2v) is 4.41. The molecule has 2 aromatic carbocycles. The average molecular weight is 260 g/mol. The predicted molar refractivity (Wildman–Crippen MR) is 75.9 cm³/mol.